The Morgan fingerprint density at radius 3 is 2.79 bits per heavy atom. The molecule has 2 heterocycles. The van der Waals surface area contributed by atoms with E-state index in [9.17, 15) is 4.79 Å². The van der Waals surface area contributed by atoms with Crippen LogP contribution in [-0.2, 0) is 17.9 Å². The van der Waals surface area contributed by atoms with Crippen molar-refractivity contribution in [3.8, 4) is 5.75 Å². The summed E-state index contributed by atoms with van der Waals surface area (Å²) in [7, 11) is 1.96. The summed E-state index contributed by atoms with van der Waals surface area (Å²) in [6, 6.07) is 18.0. The second-order valence-corrected chi connectivity index (χ2v) is 7.17. The van der Waals surface area contributed by atoms with Crippen LogP contribution in [0.15, 0.2) is 54.6 Å². The molecule has 1 saturated heterocycles. The van der Waals surface area contributed by atoms with Gasteiger partial charge in [0.15, 0.2) is 0 Å². The van der Waals surface area contributed by atoms with Crippen LogP contribution in [0.2, 0.25) is 0 Å². The van der Waals surface area contributed by atoms with E-state index in [1.165, 1.54) is 0 Å². The highest BCUT2D eigenvalue weighted by Gasteiger charge is 2.24. The molecule has 2 aromatic carbocycles. The topological polar surface area (TPSA) is 59.4 Å². The molecular weight excluding hydrogens is 352 g/mol. The van der Waals surface area contributed by atoms with Crippen LogP contribution < -0.4 is 10.1 Å². The number of fused-ring (bicyclic) bond motifs is 1. The number of ether oxygens (including phenoxy) is 1. The first-order chi connectivity index (χ1) is 13.7. The van der Waals surface area contributed by atoms with Crippen molar-refractivity contribution in [2.24, 2.45) is 0 Å². The summed E-state index contributed by atoms with van der Waals surface area (Å²) in [5, 5.41) is 3.29. The second kappa shape index (κ2) is 8.44. The van der Waals surface area contributed by atoms with Gasteiger partial charge >= 0.3 is 0 Å². The Balaban J connectivity index is 1.55. The predicted molar refractivity (Wildman–Crippen MR) is 109 cm³/mol. The number of imidazole rings is 1. The molecule has 1 aromatic heterocycles. The molecule has 1 amide bonds. The molecule has 1 fully saturated rings. The number of carbonyl (C=O) groups excluding carboxylic acids is 1. The van der Waals surface area contributed by atoms with Crippen molar-refractivity contribution in [1.82, 2.24) is 19.8 Å². The lowest BCUT2D eigenvalue weighted by Crippen LogP contribution is -2.48. The molecule has 146 valence electrons. The van der Waals surface area contributed by atoms with E-state index in [-0.39, 0.29) is 12.5 Å². The Hall–Kier alpha value is -2.86. The molecule has 1 atom stereocenters. The van der Waals surface area contributed by atoms with Crippen LogP contribution in [0.4, 0.5) is 0 Å². The Kier molecular flexibility index (Phi) is 5.58. The van der Waals surface area contributed by atoms with E-state index in [1.54, 1.807) is 0 Å². The van der Waals surface area contributed by atoms with Gasteiger partial charge in [0.1, 0.15) is 24.7 Å². The quantitative estimate of drug-likeness (QED) is 0.717. The number of benzene rings is 2. The van der Waals surface area contributed by atoms with Gasteiger partial charge in [0.05, 0.1) is 11.0 Å². The van der Waals surface area contributed by atoms with E-state index in [1.807, 2.05) is 71.1 Å². The number of piperidine rings is 1. The lowest BCUT2D eigenvalue weighted by atomic mass is 10.1. The van der Waals surface area contributed by atoms with Crippen LogP contribution in [0.1, 0.15) is 18.7 Å². The average molecular weight is 378 g/mol. The lowest BCUT2D eigenvalue weighted by Gasteiger charge is -2.32. The summed E-state index contributed by atoms with van der Waals surface area (Å²) in [4.78, 5) is 19.7. The van der Waals surface area contributed by atoms with E-state index in [0.29, 0.717) is 12.6 Å². The average Bonchev–Trinajstić information content (AvgIpc) is 3.10. The Labute approximate surface area is 165 Å². The molecule has 0 bridgehead atoms. The van der Waals surface area contributed by atoms with Crippen molar-refractivity contribution in [2.45, 2.75) is 32.0 Å². The molecular formula is C22H26N4O2. The van der Waals surface area contributed by atoms with Gasteiger partial charge < -0.3 is 19.5 Å². The van der Waals surface area contributed by atoms with Crippen molar-refractivity contribution in [3.05, 3.63) is 60.4 Å². The fraction of sp³-hybridized carbons (Fsp3) is 0.364. The van der Waals surface area contributed by atoms with Gasteiger partial charge in [0.2, 0.25) is 5.91 Å². The van der Waals surface area contributed by atoms with Crippen molar-refractivity contribution in [2.75, 3.05) is 20.1 Å². The molecule has 3 aromatic rings. The molecule has 1 aliphatic heterocycles. The zero-order valence-corrected chi connectivity index (χ0v) is 16.2. The number of nitrogens with one attached hydrogen (secondary N) is 1. The van der Waals surface area contributed by atoms with Gasteiger partial charge in [-0.3, -0.25) is 4.79 Å². The smallest absolute Gasteiger partial charge is 0.242 e. The SMILES string of the molecule is CNC1CCCN(C(=O)Cn2c(COc3ccccc3)nc3ccccc32)C1. The van der Waals surface area contributed by atoms with Crippen molar-refractivity contribution < 1.29 is 9.53 Å². The number of hydrogen-bond acceptors (Lipinski definition) is 4. The molecule has 0 radical (unpaired) electrons. The summed E-state index contributed by atoms with van der Waals surface area (Å²) >= 11 is 0. The summed E-state index contributed by atoms with van der Waals surface area (Å²) in [6.07, 6.45) is 2.15. The Bertz CT molecular complexity index is 938. The predicted octanol–water partition coefficient (Wildman–Crippen LogP) is 2.83. The summed E-state index contributed by atoms with van der Waals surface area (Å²) in [5.74, 6) is 1.69. The van der Waals surface area contributed by atoms with Gasteiger partial charge in [0.25, 0.3) is 0 Å². The van der Waals surface area contributed by atoms with E-state index in [4.69, 9.17) is 9.72 Å². The molecule has 6 heteroatoms. The maximum absolute atomic E-state index is 13.0. The molecule has 0 saturated carbocycles. The number of rotatable bonds is 6. The standard InChI is InChI=1S/C22H26N4O2/c1-23-17-8-7-13-25(14-17)22(27)15-26-20-12-6-5-11-19(20)24-21(26)16-28-18-9-3-2-4-10-18/h2-6,9-12,17,23H,7-8,13-16H2,1H3. The highest BCUT2D eigenvalue weighted by atomic mass is 16.5. The van der Waals surface area contributed by atoms with Crippen molar-refractivity contribution in [1.29, 1.82) is 0 Å². The molecule has 1 aliphatic rings. The highest BCUT2D eigenvalue weighted by Crippen LogP contribution is 2.19. The van der Waals surface area contributed by atoms with Crippen LogP contribution in [0.5, 0.6) is 5.75 Å². The normalized spacial score (nSPS) is 17.0. The second-order valence-electron chi connectivity index (χ2n) is 7.17. The maximum Gasteiger partial charge on any atom is 0.242 e. The first-order valence-corrected chi connectivity index (χ1v) is 9.81. The molecule has 6 nitrogen and oxygen atoms in total. The van der Waals surface area contributed by atoms with Crippen LogP contribution in [0.3, 0.4) is 0 Å². The van der Waals surface area contributed by atoms with Gasteiger partial charge in [-0.05, 0) is 44.2 Å². The first-order valence-electron chi connectivity index (χ1n) is 9.81. The number of likely N-dealkylation sites (tertiary alicyclic amines) is 1. The fourth-order valence-electron chi connectivity index (χ4n) is 3.75. The van der Waals surface area contributed by atoms with Gasteiger partial charge in [-0.2, -0.15) is 0 Å². The number of carbonyl (C=O) groups is 1. The third-order valence-electron chi connectivity index (χ3n) is 5.32. The monoisotopic (exact) mass is 378 g/mol. The highest BCUT2D eigenvalue weighted by molar-refractivity contribution is 5.81. The van der Waals surface area contributed by atoms with Crippen molar-refractivity contribution in [3.63, 3.8) is 0 Å². The van der Waals surface area contributed by atoms with Crippen molar-refractivity contribution >= 4 is 16.9 Å². The van der Waals surface area contributed by atoms with E-state index >= 15 is 0 Å². The molecule has 0 spiro atoms. The number of para-hydroxylation sites is 3. The third kappa shape index (κ3) is 4.02. The molecule has 0 aliphatic carbocycles. The molecule has 4 rings (SSSR count). The van der Waals surface area contributed by atoms with Gasteiger partial charge in [0, 0.05) is 19.1 Å². The molecule has 28 heavy (non-hydrogen) atoms. The van der Waals surface area contributed by atoms with Crippen LogP contribution >= 0.6 is 0 Å². The minimum atomic E-state index is 0.129. The maximum atomic E-state index is 13.0. The lowest BCUT2D eigenvalue weighted by molar-refractivity contribution is -0.133. The largest absolute Gasteiger partial charge is 0.486 e. The zero-order valence-electron chi connectivity index (χ0n) is 16.2. The van der Waals surface area contributed by atoms with Gasteiger partial charge in [-0.1, -0.05) is 30.3 Å². The third-order valence-corrected chi connectivity index (χ3v) is 5.32. The molecule has 1 unspecified atom stereocenters. The Morgan fingerprint density at radius 1 is 1.18 bits per heavy atom. The minimum Gasteiger partial charge on any atom is -0.486 e. The number of likely N-dealkylation sites (N-methyl/N-ethyl adjacent to an activating group) is 1. The summed E-state index contributed by atoms with van der Waals surface area (Å²) < 4.78 is 7.90. The number of aromatic nitrogens is 2. The zero-order chi connectivity index (χ0) is 19.3. The number of nitrogens with zero attached hydrogens (tertiary/aromatic N) is 3. The number of hydrogen-bond donors (Lipinski definition) is 1. The fourth-order valence-corrected chi connectivity index (χ4v) is 3.75. The van der Waals surface area contributed by atoms with E-state index < -0.39 is 0 Å². The molecule has 1 N–H and O–H groups in total. The van der Waals surface area contributed by atoms with Gasteiger partial charge in [-0.25, -0.2) is 4.98 Å². The van der Waals surface area contributed by atoms with Gasteiger partial charge in [-0.15, -0.1) is 0 Å². The first kappa shape index (κ1) is 18.5. The van der Waals surface area contributed by atoms with Crippen LogP contribution in [0, 0.1) is 0 Å². The minimum absolute atomic E-state index is 0.129. The number of amides is 1. The van der Waals surface area contributed by atoms with Crippen LogP contribution in [-0.4, -0.2) is 46.5 Å². The van der Waals surface area contributed by atoms with Crippen LogP contribution in [0.25, 0.3) is 11.0 Å². The summed E-state index contributed by atoms with van der Waals surface area (Å²) in [5.41, 5.74) is 1.85. The van der Waals surface area contributed by atoms with E-state index in [2.05, 4.69) is 5.32 Å². The van der Waals surface area contributed by atoms with E-state index in [0.717, 1.165) is 48.5 Å². The Morgan fingerprint density at radius 2 is 1.96 bits per heavy atom. The summed E-state index contributed by atoms with van der Waals surface area (Å²) in [6.45, 7) is 2.19.